The summed E-state index contributed by atoms with van der Waals surface area (Å²) in [4.78, 5) is 22.9. The minimum absolute atomic E-state index is 0.148. The Bertz CT molecular complexity index is 567. The summed E-state index contributed by atoms with van der Waals surface area (Å²) in [5.74, 6) is 0. The molecule has 0 saturated heterocycles. The van der Waals surface area contributed by atoms with Crippen molar-refractivity contribution in [1.29, 1.82) is 0 Å². The highest BCUT2D eigenvalue weighted by Crippen LogP contribution is 2.22. The molecule has 1 aliphatic heterocycles. The lowest BCUT2D eigenvalue weighted by molar-refractivity contribution is 0.112. The molecule has 1 aliphatic carbocycles. The molecule has 0 aromatic carbocycles. The van der Waals surface area contributed by atoms with E-state index in [1.54, 1.807) is 24.3 Å². The van der Waals surface area contributed by atoms with Crippen LogP contribution >= 0.6 is 0 Å². The summed E-state index contributed by atoms with van der Waals surface area (Å²) in [6.07, 6.45) is 0.840. The van der Waals surface area contributed by atoms with Crippen molar-refractivity contribution in [3.05, 3.63) is 46.2 Å². The van der Waals surface area contributed by atoms with Gasteiger partial charge >= 0.3 is 7.56 Å². The molecule has 0 fully saturated rings. The summed E-state index contributed by atoms with van der Waals surface area (Å²) in [5, 5.41) is 0. The monoisotopic (exact) mass is 231 g/mol. The summed E-state index contributed by atoms with van der Waals surface area (Å²) < 4.78 is 13.6. The number of nitrogens with zero attached hydrogens (tertiary/aromatic N) is 1. The summed E-state index contributed by atoms with van der Waals surface area (Å²) >= 11 is 0. The third kappa shape index (κ3) is 2.00. The molecule has 1 heterocycles. The number of hydrogen-bond acceptors (Lipinski definition) is 2. The standard InChI is InChI=1S/C12H11BFNO2/c14-13-6-7-15-11-5-3-1-2-4-9(11)10(8-16)12(15)17/h1-5,8,13H,6-7H2. The third-order valence-corrected chi connectivity index (χ3v) is 2.70. The van der Waals surface area contributed by atoms with Crippen molar-refractivity contribution in [3.8, 4) is 11.3 Å². The minimum Gasteiger partial charge on any atom is -0.341 e. The van der Waals surface area contributed by atoms with Crippen molar-refractivity contribution in [2.45, 2.75) is 12.9 Å². The van der Waals surface area contributed by atoms with E-state index in [1.165, 1.54) is 4.57 Å². The Labute approximate surface area is 98.5 Å². The van der Waals surface area contributed by atoms with Crippen LogP contribution in [0.3, 0.4) is 0 Å². The molecule has 2 rings (SSSR count). The zero-order chi connectivity index (χ0) is 12.3. The molecular formula is C12H11BFNO2. The van der Waals surface area contributed by atoms with Gasteiger partial charge in [-0.3, -0.25) is 9.59 Å². The van der Waals surface area contributed by atoms with Gasteiger partial charge < -0.3 is 8.88 Å². The molecular weight excluding hydrogens is 220 g/mol. The predicted molar refractivity (Wildman–Crippen MR) is 65.8 cm³/mol. The van der Waals surface area contributed by atoms with E-state index in [4.69, 9.17) is 0 Å². The molecule has 5 heteroatoms. The molecule has 0 aromatic heterocycles. The Hall–Kier alpha value is -1.91. The second-order valence-corrected chi connectivity index (χ2v) is 3.74. The molecule has 17 heavy (non-hydrogen) atoms. The molecule has 0 unspecified atom stereocenters. The number of rotatable bonds is 4. The van der Waals surface area contributed by atoms with Crippen LogP contribution in [0, 0.1) is 0 Å². The Morgan fingerprint density at radius 3 is 2.76 bits per heavy atom. The maximum Gasteiger partial charge on any atom is 0.333 e. The fourth-order valence-electron chi connectivity index (χ4n) is 1.92. The summed E-state index contributed by atoms with van der Waals surface area (Å²) in [5.41, 5.74) is 1.11. The van der Waals surface area contributed by atoms with Gasteiger partial charge in [0.25, 0.3) is 5.56 Å². The van der Waals surface area contributed by atoms with Gasteiger partial charge in [0.05, 0.1) is 11.3 Å². The fraction of sp³-hybridized carbons (Fsp3) is 0.167. The van der Waals surface area contributed by atoms with Crippen LogP contribution in [0.1, 0.15) is 10.4 Å². The van der Waals surface area contributed by atoms with E-state index >= 15 is 0 Å². The number of halogens is 1. The first-order valence-corrected chi connectivity index (χ1v) is 5.42. The predicted octanol–water partition coefficient (Wildman–Crippen LogP) is 1.50. The van der Waals surface area contributed by atoms with Crippen molar-refractivity contribution in [3.63, 3.8) is 0 Å². The molecule has 0 spiro atoms. The average molecular weight is 231 g/mol. The Morgan fingerprint density at radius 1 is 1.29 bits per heavy atom. The number of aldehydes is 1. The SMILES string of the molecule is O=Cc1c2cccccc-2n(CCBF)c1=O. The first-order chi connectivity index (χ1) is 8.29. The number of carbonyl (C=O) groups is 1. The van der Waals surface area contributed by atoms with Crippen LogP contribution in [0.4, 0.5) is 4.32 Å². The van der Waals surface area contributed by atoms with E-state index in [0.717, 1.165) is 0 Å². The van der Waals surface area contributed by atoms with Crippen LogP contribution in [-0.4, -0.2) is 18.4 Å². The van der Waals surface area contributed by atoms with Crippen LogP contribution in [0.15, 0.2) is 35.1 Å². The van der Waals surface area contributed by atoms with Crippen molar-refractivity contribution in [1.82, 2.24) is 4.57 Å². The van der Waals surface area contributed by atoms with Crippen LogP contribution < -0.4 is 5.56 Å². The van der Waals surface area contributed by atoms with Gasteiger partial charge in [-0.15, -0.1) is 0 Å². The van der Waals surface area contributed by atoms with E-state index in [0.29, 0.717) is 24.1 Å². The smallest absolute Gasteiger partial charge is 0.333 e. The van der Waals surface area contributed by atoms with E-state index in [2.05, 4.69) is 0 Å². The van der Waals surface area contributed by atoms with E-state index in [-0.39, 0.29) is 17.4 Å². The molecule has 0 bridgehead atoms. The zero-order valence-electron chi connectivity index (χ0n) is 9.23. The van der Waals surface area contributed by atoms with Crippen LogP contribution in [-0.2, 0) is 6.54 Å². The normalized spacial score (nSPS) is 10.4. The Morgan fingerprint density at radius 2 is 2.06 bits per heavy atom. The second-order valence-electron chi connectivity index (χ2n) is 3.74. The topological polar surface area (TPSA) is 39.1 Å². The first kappa shape index (κ1) is 11.6. The van der Waals surface area contributed by atoms with Gasteiger partial charge in [0, 0.05) is 12.1 Å². The molecule has 2 aliphatic rings. The first-order valence-electron chi connectivity index (χ1n) is 5.42. The molecule has 0 amide bonds. The highest BCUT2D eigenvalue weighted by Gasteiger charge is 2.18. The number of hydrogen-bond donors (Lipinski definition) is 0. The lowest BCUT2D eigenvalue weighted by Crippen LogP contribution is -2.17. The van der Waals surface area contributed by atoms with Crippen LogP contribution in [0.5, 0.6) is 0 Å². The zero-order valence-corrected chi connectivity index (χ0v) is 9.23. The van der Waals surface area contributed by atoms with E-state index < -0.39 is 7.56 Å². The molecule has 0 N–H and O–H groups in total. The van der Waals surface area contributed by atoms with Gasteiger partial charge in [-0.25, -0.2) is 0 Å². The van der Waals surface area contributed by atoms with Gasteiger partial charge in [0.2, 0.25) is 0 Å². The summed E-state index contributed by atoms with van der Waals surface area (Å²) in [6, 6.07) is 8.88. The summed E-state index contributed by atoms with van der Waals surface area (Å²) in [6.45, 7) is 0.295. The molecule has 0 aromatic rings. The third-order valence-electron chi connectivity index (χ3n) is 2.70. The molecule has 0 radical (unpaired) electrons. The Kier molecular flexibility index (Phi) is 3.37. The maximum absolute atomic E-state index is 12.2. The molecule has 0 saturated carbocycles. The lowest BCUT2D eigenvalue weighted by atomic mass is 10.00. The molecule has 3 nitrogen and oxygen atoms in total. The average Bonchev–Trinajstić information content (AvgIpc) is 2.50. The van der Waals surface area contributed by atoms with Crippen LogP contribution in [0.25, 0.3) is 11.3 Å². The quantitative estimate of drug-likeness (QED) is 0.590. The van der Waals surface area contributed by atoms with Crippen molar-refractivity contribution < 1.29 is 9.11 Å². The number of carbonyl (C=O) groups excluding carboxylic acids is 1. The van der Waals surface area contributed by atoms with Gasteiger partial charge in [0.1, 0.15) is 0 Å². The van der Waals surface area contributed by atoms with Crippen molar-refractivity contribution in [2.75, 3.05) is 0 Å². The lowest BCUT2D eigenvalue weighted by Gasteiger charge is -2.02. The maximum atomic E-state index is 12.2. The van der Waals surface area contributed by atoms with E-state index in [1.807, 2.05) is 6.07 Å². The van der Waals surface area contributed by atoms with E-state index in [9.17, 15) is 13.9 Å². The highest BCUT2D eigenvalue weighted by molar-refractivity contribution is 6.25. The fourth-order valence-corrected chi connectivity index (χ4v) is 1.92. The summed E-state index contributed by atoms with van der Waals surface area (Å²) in [7, 11) is -0.478. The minimum atomic E-state index is -0.478. The number of aromatic nitrogens is 1. The molecule has 86 valence electrons. The largest absolute Gasteiger partial charge is 0.341 e. The van der Waals surface area contributed by atoms with Gasteiger partial charge in [-0.1, -0.05) is 24.3 Å². The van der Waals surface area contributed by atoms with Gasteiger partial charge in [0.15, 0.2) is 6.29 Å². The second kappa shape index (κ2) is 4.95. The van der Waals surface area contributed by atoms with Crippen molar-refractivity contribution in [2.24, 2.45) is 0 Å². The van der Waals surface area contributed by atoms with Crippen LogP contribution in [0.2, 0.25) is 6.32 Å². The highest BCUT2D eigenvalue weighted by atomic mass is 19.1. The van der Waals surface area contributed by atoms with Gasteiger partial charge in [-0.05, 0) is 12.4 Å². The Balaban J connectivity index is 2.65. The number of fused-ring (bicyclic) bond motifs is 1. The van der Waals surface area contributed by atoms with Crippen molar-refractivity contribution >= 4 is 13.8 Å². The molecule has 0 atom stereocenters. The van der Waals surface area contributed by atoms with Gasteiger partial charge in [-0.2, -0.15) is 0 Å².